The van der Waals surface area contributed by atoms with Crippen molar-refractivity contribution < 1.29 is 41.8 Å². The van der Waals surface area contributed by atoms with Gasteiger partial charge in [0.15, 0.2) is 11.6 Å². The second-order valence-corrected chi connectivity index (χ2v) is 18.7. The van der Waals surface area contributed by atoms with Crippen molar-refractivity contribution in [3.63, 3.8) is 0 Å². The molecule has 0 saturated heterocycles. The third kappa shape index (κ3) is 12.1. The summed E-state index contributed by atoms with van der Waals surface area (Å²) in [5.74, 6) is -3.54. The summed E-state index contributed by atoms with van der Waals surface area (Å²) in [5.41, 5.74) is 7.78. The Hall–Kier alpha value is -9.87. The number of aromatic nitrogens is 8. The molecule has 0 aliphatic heterocycles. The van der Waals surface area contributed by atoms with Gasteiger partial charge in [0.05, 0.1) is 12.1 Å². The summed E-state index contributed by atoms with van der Waals surface area (Å²) >= 11 is 0. The van der Waals surface area contributed by atoms with E-state index < -0.39 is 35.1 Å². The van der Waals surface area contributed by atoms with Gasteiger partial charge in [0.25, 0.3) is 23.6 Å². The van der Waals surface area contributed by atoms with Crippen LogP contribution < -0.4 is 32.8 Å². The summed E-state index contributed by atoms with van der Waals surface area (Å²) in [6.07, 6.45) is 5.03. The van der Waals surface area contributed by atoms with E-state index in [1.54, 1.807) is 64.3 Å². The highest BCUT2D eigenvalue weighted by atomic mass is 19.1. The quantitative estimate of drug-likeness (QED) is 0.0978. The third-order valence-corrected chi connectivity index (χ3v) is 13.1. The molecule has 0 unspecified atom stereocenters. The van der Waals surface area contributed by atoms with Gasteiger partial charge in [-0.15, -0.1) is 0 Å². The first-order valence-corrected chi connectivity index (χ1v) is 24.4. The van der Waals surface area contributed by atoms with Crippen molar-refractivity contribution in [3.05, 3.63) is 198 Å². The van der Waals surface area contributed by atoms with E-state index in [1.807, 2.05) is 24.3 Å². The molecule has 4 aromatic carbocycles. The van der Waals surface area contributed by atoms with Crippen molar-refractivity contribution in [1.29, 1.82) is 0 Å². The number of hydrogen-bond donors (Lipinski definition) is 5. The van der Waals surface area contributed by atoms with Crippen LogP contribution in [0.2, 0.25) is 0 Å². The molecule has 0 spiro atoms. The van der Waals surface area contributed by atoms with Gasteiger partial charge in [0.2, 0.25) is 5.91 Å². The van der Waals surface area contributed by atoms with E-state index in [1.165, 1.54) is 40.1 Å². The number of aryl methyl sites for hydroxylation is 4. The molecule has 0 bridgehead atoms. The summed E-state index contributed by atoms with van der Waals surface area (Å²) in [5, 5.41) is 18.9. The number of nitrogens with zero attached hydrogens (tertiary/aromatic N) is 8. The Labute approximate surface area is 441 Å². The van der Waals surface area contributed by atoms with E-state index in [9.17, 15) is 42.3 Å². The van der Waals surface area contributed by atoms with E-state index in [2.05, 4.69) is 61.0 Å². The molecular weight excluding hydrogens is 1010 g/mol. The molecule has 398 valence electrons. The highest BCUT2D eigenvalue weighted by Gasteiger charge is 2.29. The smallest absolute Gasteiger partial charge is 0.347 e. The van der Waals surface area contributed by atoms with Crippen molar-refractivity contribution in [2.24, 2.45) is 0 Å². The Bertz CT molecular complexity index is 3760. The molecule has 0 saturated carbocycles. The lowest BCUT2D eigenvalue weighted by Gasteiger charge is -2.15. The van der Waals surface area contributed by atoms with E-state index in [0.29, 0.717) is 47.3 Å². The Kier molecular flexibility index (Phi) is 15.6. The van der Waals surface area contributed by atoms with Crippen LogP contribution in [-0.4, -0.2) is 88.3 Å². The topological polar surface area (TPSA) is 295 Å². The molecule has 2 aliphatic rings. The highest BCUT2D eigenvalue weighted by molar-refractivity contribution is 5.98. The lowest BCUT2D eigenvalue weighted by molar-refractivity contribution is -0.129. The number of halogens is 2. The molecule has 78 heavy (non-hydrogen) atoms. The first-order valence-electron chi connectivity index (χ1n) is 24.4. The normalized spacial score (nSPS) is 14.1. The summed E-state index contributed by atoms with van der Waals surface area (Å²) in [6, 6.07) is 22.3. The maximum atomic E-state index is 13.5. The van der Waals surface area contributed by atoms with Crippen LogP contribution in [-0.2, 0) is 37.3 Å². The fraction of sp³-hybridized carbons (Fsp3) is 0.241. The van der Waals surface area contributed by atoms with Crippen LogP contribution in [0.25, 0.3) is 22.8 Å². The van der Waals surface area contributed by atoms with Crippen LogP contribution in [0, 0.1) is 25.5 Å². The predicted octanol–water partition coefficient (Wildman–Crippen LogP) is 4.79. The lowest BCUT2D eigenvalue weighted by atomic mass is 10.0. The molecule has 0 radical (unpaired) electrons. The number of amides is 5. The summed E-state index contributed by atoms with van der Waals surface area (Å²) in [7, 11) is 3.19. The number of benzene rings is 4. The molecule has 10 rings (SSSR count). The zero-order chi connectivity index (χ0) is 55.2. The number of hydrogen-bond acceptors (Lipinski definition) is 15. The molecule has 4 heterocycles. The first kappa shape index (κ1) is 53.0. The fourth-order valence-electron chi connectivity index (χ4n) is 8.92. The molecule has 0 fully saturated rings. The van der Waals surface area contributed by atoms with Gasteiger partial charge in [-0.25, -0.2) is 42.9 Å². The van der Waals surface area contributed by atoms with Crippen LogP contribution in [0.4, 0.5) is 8.78 Å². The largest absolute Gasteiger partial charge is 0.442 e. The van der Waals surface area contributed by atoms with E-state index in [4.69, 9.17) is 4.52 Å². The van der Waals surface area contributed by atoms with Gasteiger partial charge in [-0.2, -0.15) is 0 Å². The van der Waals surface area contributed by atoms with Crippen LogP contribution >= 0.6 is 0 Å². The minimum Gasteiger partial charge on any atom is -0.347 e. The van der Waals surface area contributed by atoms with Gasteiger partial charge < -0.3 is 26.2 Å². The Morgan fingerprint density at radius 1 is 0.628 bits per heavy atom. The monoisotopic (exact) mass is 1060 g/mol. The lowest BCUT2D eigenvalue weighted by Crippen LogP contribution is -2.30. The predicted molar refractivity (Wildman–Crippen MR) is 273 cm³/mol. The standard InChI is InChI=1S/C29H28FN7O5.C25H21FN6O4/c1-16-10-17(4-8-21(16)30)13-31-27(39)23-12-24(33-15-32-23)28(40)34-22-9-6-18-11-19(5-7-20(18)22)26-35-42-29(41)37(26)14-25(38)36(2)3;1-13-8-14(2-6-18(13)26)11-27-23(33)20-10-21(29-12-28-20)24(34)30-19-7-4-15-9-16(3-5-17(15)19)22-31-25(35)36-32-22/h4-5,7-8,10-12,15,22H,6,9,13-14H2,1-3H3,(H,31,39)(H,34,40);2-3,5-6,8-10,12,19H,4,7,11H2,1H3,(H,27,33)(H,30,34)(H,31,32,35)/t22-;19-/m00/s1. The van der Waals surface area contributed by atoms with Crippen LogP contribution in [0.3, 0.4) is 0 Å². The van der Waals surface area contributed by atoms with E-state index in [0.717, 1.165) is 46.1 Å². The second-order valence-electron chi connectivity index (χ2n) is 18.7. The summed E-state index contributed by atoms with van der Waals surface area (Å²) in [6.45, 7) is 3.45. The molecule has 2 aliphatic carbocycles. The molecule has 2 atom stereocenters. The fourth-order valence-corrected chi connectivity index (χ4v) is 8.92. The second kappa shape index (κ2) is 22.9. The third-order valence-electron chi connectivity index (χ3n) is 13.1. The number of aromatic amines is 1. The number of carbonyl (C=O) groups excluding carboxylic acids is 5. The van der Waals surface area contributed by atoms with Crippen LogP contribution in [0.15, 0.2) is 116 Å². The molecule has 5 amide bonds. The molecule has 24 heteroatoms. The van der Waals surface area contributed by atoms with Crippen LogP contribution in [0.5, 0.6) is 0 Å². The Morgan fingerprint density at radius 2 is 1.12 bits per heavy atom. The molecule has 5 N–H and O–H groups in total. The zero-order valence-corrected chi connectivity index (χ0v) is 42.3. The maximum absolute atomic E-state index is 13.5. The molecule has 4 aromatic heterocycles. The van der Waals surface area contributed by atoms with Crippen molar-refractivity contribution in [2.75, 3.05) is 14.1 Å². The average Bonchev–Trinajstić information content (AvgIpc) is 4.26. The van der Waals surface area contributed by atoms with Gasteiger partial charge in [0, 0.05) is 50.4 Å². The minimum atomic E-state index is -0.728. The number of likely N-dealkylation sites (N-methyl/N-ethyl adjacent to an activating group) is 1. The van der Waals surface area contributed by atoms with Crippen LogP contribution in [0.1, 0.15) is 111 Å². The van der Waals surface area contributed by atoms with Gasteiger partial charge in [-0.3, -0.25) is 38.0 Å². The van der Waals surface area contributed by atoms with Gasteiger partial charge in [0.1, 0.15) is 53.6 Å². The van der Waals surface area contributed by atoms with E-state index in [-0.39, 0.29) is 77.9 Å². The number of H-pyrrole nitrogens is 1. The minimum absolute atomic E-state index is 0.0249. The zero-order valence-electron chi connectivity index (χ0n) is 42.3. The Balaban J connectivity index is 0.000000192. The molecule has 22 nitrogen and oxygen atoms in total. The summed E-state index contributed by atoms with van der Waals surface area (Å²) in [4.78, 5) is 107. The van der Waals surface area contributed by atoms with Crippen molar-refractivity contribution in [2.45, 2.75) is 71.2 Å². The van der Waals surface area contributed by atoms with E-state index >= 15 is 0 Å². The average molecular weight is 1060 g/mol. The maximum Gasteiger partial charge on any atom is 0.442 e. The Morgan fingerprint density at radius 3 is 1.59 bits per heavy atom. The van der Waals surface area contributed by atoms with Gasteiger partial charge >= 0.3 is 11.5 Å². The SMILES string of the molecule is Cc1cc(CNC(=O)c2cc(C(=O)N[C@H]3CCc4cc(-c5noc(=O)[nH]5)ccc43)ncn2)ccc1F.Cc1cc(CNC(=O)c2cc(C(=O)N[C@H]3CCc4cc(-c5noc(=O)n5CC(=O)N(C)C)ccc43)ncn2)ccc1F. The van der Waals surface area contributed by atoms with Crippen molar-refractivity contribution in [3.8, 4) is 22.8 Å². The highest BCUT2D eigenvalue weighted by Crippen LogP contribution is 2.35. The van der Waals surface area contributed by atoms with Gasteiger partial charge in [-0.1, -0.05) is 58.8 Å². The molecule has 8 aromatic rings. The molecular formula is C54H49F2N13O9. The number of nitrogens with one attached hydrogen (secondary N) is 5. The number of rotatable bonds is 14. The van der Waals surface area contributed by atoms with Crippen molar-refractivity contribution >= 4 is 29.5 Å². The first-order chi connectivity index (χ1) is 37.5. The summed E-state index contributed by atoms with van der Waals surface area (Å²) < 4.78 is 37.5. The number of fused-ring (bicyclic) bond motifs is 2. The van der Waals surface area contributed by atoms with Gasteiger partial charge in [-0.05, 0) is 108 Å². The van der Waals surface area contributed by atoms with Crippen molar-refractivity contribution in [1.82, 2.24) is 66.0 Å². The number of carbonyl (C=O) groups is 5.